The summed E-state index contributed by atoms with van der Waals surface area (Å²) in [6.45, 7) is 2.20. The first kappa shape index (κ1) is 9.01. The fraction of sp³-hybridized carbons (Fsp3) is 0.333. The lowest BCUT2D eigenvalue weighted by atomic mass is 10.0. The van der Waals surface area contributed by atoms with E-state index in [2.05, 4.69) is 31.2 Å². The summed E-state index contributed by atoms with van der Waals surface area (Å²) in [5, 5.41) is 0. The van der Waals surface area contributed by atoms with Crippen LogP contribution in [0.5, 0.6) is 0 Å². The van der Waals surface area contributed by atoms with Crippen molar-refractivity contribution in [1.29, 1.82) is 0 Å². The van der Waals surface area contributed by atoms with Gasteiger partial charge in [0.15, 0.2) is 0 Å². The lowest BCUT2D eigenvalue weighted by Gasteiger charge is -2.07. The lowest BCUT2D eigenvalue weighted by Crippen LogP contribution is -1.94. The van der Waals surface area contributed by atoms with Gasteiger partial charge < -0.3 is 0 Å². The predicted molar refractivity (Wildman–Crippen MR) is 54.9 cm³/mol. The van der Waals surface area contributed by atoms with E-state index >= 15 is 0 Å². The Kier molecular flexibility index (Phi) is 3.87. The van der Waals surface area contributed by atoms with Gasteiger partial charge in [0.2, 0.25) is 0 Å². The second-order valence-electron chi connectivity index (χ2n) is 2.60. The zero-order chi connectivity index (χ0) is 8.10. The van der Waals surface area contributed by atoms with Crippen LogP contribution in [0.25, 0.3) is 0 Å². The standard InChI is InChI=1S/C9H11S2/c1-8(7-11-10)9-5-3-2-4-6-9/h2-6,8H,7H2,1H3. The molecule has 1 aromatic rings. The van der Waals surface area contributed by atoms with Crippen molar-refractivity contribution in [3.63, 3.8) is 0 Å². The van der Waals surface area contributed by atoms with Crippen LogP contribution < -0.4 is 0 Å². The van der Waals surface area contributed by atoms with E-state index in [1.54, 1.807) is 0 Å². The average molecular weight is 183 g/mol. The molecule has 0 spiro atoms. The largest absolute Gasteiger partial charge is 0.0811 e. The highest BCUT2D eigenvalue weighted by atomic mass is 33.1. The van der Waals surface area contributed by atoms with Gasteiger partial charge in [-0.1, -0.05) is 48.0 Å². The molecule has 0 saturated carbocycles. The van der Waals surface area contributed by atoms with Crippen LogP contribution in [0.4, 0.5) is 0 Å². The molecule has 0 nitrogen and oxygen atoms in total. The summed E-state index contributed by atoms with van der Waals surface area (Å²) >= 11 is 4.84. The van der Waals surface area contributed by atoms with Crippen LogP contribution >= 0.6 is 22.5 Å². The highest BCUT2D eigenvalue weighted by Gasteiger charge is 2.02. The van der Waals surface area contributed by atoms with Gasteiger partial charge in [-0.05, 0) is 23.1 Å². The number of rotatable bonds is 3. The van der Waals surface area contributed by atoms with Crippen molar-refractivity contribution in [3.05, 3.63) is 35.9 Å². The van der Waals surface area contributed by atoms with E-state index in [4.69, 9.17) is 11.7 Å². The molecule has 0 amide bonds. The van der Waals surface area contributed by atoms with Crippen molar-refractivity contribution in [2.75, 3.05) is 5.75 Å². The molecule has 1 unspecified atom stereocenters. The molecule has 0 N–H and O–H groups in total. The van der Waals surface area contributed by atoms with Crippen LogP contribution in [-0.2, 0) is 0 Å². The highest BCUT2D eigenvalue weighted by Crippen LogP contribution is 2.21. The first-order valence-corrected chi connectivity index (χ1v) is 5.55. The summed E-state index contributed by atoms with van der Waals surface area (Å²) in [6, 6.07) is 10.5. The zero-order valence-corrected chi connectivity index (χ0v) is 8.12. The summed E-state index contributed by atoms with van der Waals surface area (Å²) in [4.78, 5) is 0. The Morgan fingerprint density at radius 1 is 1.36 bits per heavy atom. The molecule has 1 rings (SSSR count). The molecular weight excluding hydrogens is 172 g/mol. The van der Waals surface area contributed by atoms with Crippen molar-refractivity contribution in [2.45, 2.75) is 12.8 Å². The maximum atomic E-state index is 4.84. The summed E-state index contributed by atoms with van der Waals surface area (Å²) in [5.74, 6) is 1.61. The number of hydrogen-bond acceptors (Lipinski definition) is 1. The van der Waals surface area contributed by atoms with Gasteiger partial charge in [0.25, 0.3) is 0 Å². The van der Waals surface area contributed by atoms with Crippen LogP contribution in [0.1, 0.15) is 18.4 Å². The lowest BCUT2D eigenvalue weighted by molar-refractivity contribution is 0.883. The predicted octanol–water partition coefficient (Wildman–Crippen LogP) is 3.64. The van der Waals surface area contributed by atoms with Gasteiger partial charge in [-0.3, -0.25) is 0 Å². The van der Waals surface area contributed by atoms with Crippen LogP contribution in [0.15, 0.2) is 30.3 Å². The molecule has 1 radical (unpaired) electrons. The zero-order valence-electron chi connectivity index (χ0n) is 6.49. The third-order valence-corrected chi connectivity index (χ3v) is 2.73. The number of hydrogen-bond donors (Lipinski definition) is 0. The van der Waals surface area contributed by atoms with Crippen molar-refractivity contribution in [3.8, 4) is 0 Å². The quantitative estimate of drug-likeness (QED) is 0.645. The van der Waals surface area contributed by atoms with Crippen LogP contribution in [0.2, 0.25) is 0 Å². The summed E-state index contributed by atoms with van der Waals surface area (Å²) in [6.07, 6.45) is 0. The van der Waals surface area contributed by atoms with Gasteiger partial charge >= 0.3 is 0 Å². The molecule has 2 heteroatoms. The molecule has 0 aliphatic heterocycles. The third kappa shape index (κ3) is 2.80. The molecule has 59 valence electrons. The Morgan fingerprint density at radius 3 is 2.55 bits per heavy atom. The summed E-state index contributed by atoms with van der Waals surface area (Å²) < 4.78 is 0. The first-order valence-electron chi connectivity index (χ1n) is 3.64. The Balaban J connectivity index is 2.61. The molecule has 0 heterocycles. The van der Waals surface area contributed by atoms with E-state index in [-0.39, 0.29) is 0 Å². The summed E-state index contributed by atoms with van der Waals surface area (Å²) in [5.41, 5.74) is 1.38. The molecule has 0 bridgehead atoms. The minimum Gasteiger partial charge on any atom is -0.0811 e. The van der Waals surface area contributed by atoms with E-state index in [1.807, 2.05) is 6.07 Å². The van der Waals surface area contributed by atoms with E-state index in [9.17, 15) is 0 Å². The Hall–Kier alpha value is -0.0800. The van der Waals surface area contributed by atoms with Gasteiger partial charge in [0, 0.05) is 5.75 Å². The maximum Gasteiger partial charge on any atom is 0.0112 e. The molecule has 11 heavy (non-hydrogen) atoms. The molecule has 1 aromatic carbocycles. The molecule has 1 atom stereocenters. The fourth-order valence-electron chi connectivity index (χ4n) is 0.980. The van der Waals surface area contributed by atoms with Gasteiger partial charge in [-0.15, -0.1) is 0 Å². The Labute approximate surface area is 77.2 Å². The van der Waals surface area contributed by atoms with Gasteiger partial charge in [0.05, 0.1) is 0 Å². The van der Waals surface area contributed by atoms with Crippen molar-refractivity contribution in [1.82, 2.24) is 0 Å². The van der Waals surface area contributed by atoms with Crippen molar-refractivity contribution >= 4 is 22.5 Å². The van der Waals surface area contributed by atoms with Gasteiger partial charge in [0.1, 0.15) is 0 Å². The van der Waals surface area contributed by atoms with Crippen molar-refractivity contribution < 1.29 is 0 Å². The first-order chi connectivity index (χ1) is 5.34. The second-order valence-corrected chi connectivity index (χ2v) is 3.87. The number of benzene rings is 1. The Bertz CT molecular complexity index is 196. The molecule has 0 saturated heterocycles. The molecule has 0 aliphatic rings. The van der Waals surface area contributed by atoms with E-state index in [0.29, 0.717) is 5.92 Å². The van der Waals surface area contributed by atoms with E-state index in [1.165, 1.54) is 16.4 Å². The maximum absolute atomic E-state index is 4.84. The van der Waals surface area contributed by atoms with E-state index in [0.717, 1.165) is 5.75 Å². The fourth-order valence-corrected chi connectivity index (χ4v) is 1.99. The summed E-state index contributed by atoms with van der Waals surface area (Å²) in [7, 11) is 1.49. The van der Waals surface area contributed by atoms with Crippen LogP contribution in [0.3, 0.4) is 0 Å². The van der Waals surface area contributed by atoms with Crippen LogP contribution in [0, 0.1) is 0 Å². The Morgan fingerprint density at radius 2 is 2.00 bits per heavy atom. The topological polar surface area (TPSA) is 0 Å². The third-order valence-electron chi connectivity index (χ3n) is 1.69. The normalized spacial score (nSPS) is 12.9. The molecule has 0 fully saturated rings. The highest BCUT2D eigenvalue weighted by molar-refractivity contribution is 8.68. The molecular formula is C9H11S2. The van der Waals surface area contributed by atoms with Crippen molar-refractivity contribution in [2.24, 2.45) is 0 Å². The second kappa shape index (κ2) is 4.73. The van der Waals surface area contributed by atoms with Crippen LogP contribution in [-0.4, -0.2) is 5.75 Å². The molecule has 0 aromatic heterocycles. The SMILES string of the molecule is CC(CS[S])c1ccccc1. The van der Waals surface area contributed by atoms with Gasteiger partial charge in [-0.2, -0.15) is 0 Å². The van der Waals surface area contributed by atoms with Gasteiger partial charge in [-0.25, -0.2) is 0 Å². The smallest absolute Gasteiger partial charge is 0.0112 e. The average Bonchev–Trinajstić information content (AvgIpc) is 2.07. The molecule has 0 aliphatic carbocycles. The monoisotopic (exact) mass is 183 g/mol. The minimum absolute atomic E-state index is 0.582. The minimum atomic E-state index is 0.582. The van der Waals surface area contributed by atoms with E-state index < -0.39 is 0 Å².